The van der Waals surface area contributed by atoms with Crippen LogP contribution in [0.15, 0.2) is 17.0 Å². The molecule has 0 aliphatic carbocycles. The molecule has 0 aliphatic heterocycles. The average Bonchev–Trinajstić information content (AvgIpc) is 2.18. The molecule has 0 bridgehead atoms. The fourth-order valence-corrected chi connectivity index (χ4v) is 1.62. The van der Waals surface area contributed by atoms with E-state index in [2.05, 4.69) is 41.8 Å². The van der Waals surface area contributed by atoms with Crippen LogP contribution in [-0.2, 0) is 0 Å². The number of aliphatic hydroxyl groups excluding tert-OH is 2. The van der Waals surface area contributed by atoms with Crippen molar-refractivity contribution in [1.29, 1.82) is 0 Å². The number of rotatable bonds is 4. The summed E-state index contributed by atoms with van der Waals surface area (Å²) in [5.41, 5.74) is 0.377. The molecule has 0 saturated heterocycles. The molecule has 1 heterocycles. The van der Waals surface area contributed by atoms with Crippen LogP contribution < -0.4 is 0 Å². The van der Waals surface area contributed by atoms with Crippen molar-refractivity contribution in [3.05, 3.63) is 22.7 Å². The Morgan fingerprint density at radius 1 is 1.29 bits per heavy atom. The lowest BCUT2D eigenvalue weighted by Gasteiger charge is -2.15. The van der Waals surface area contributed by atoms with Gasteiger partial charge in [0.15, 0.2) is 0 Å². The maximum Gasteiger partial charge on any atom is 0.124 e. The molecule has 78 valence electrons. The summed E-state index contributed by atoms with van der Waals surface area (Å²) in [4.78, 5) is 7.86. The SMILES string of the molecule is OC(CCBr)C(O)c1cnc(Br)cn1. The second-order valence-corrected chi connectivity index (χ2v) is 4.36. The van der Waals surface area contributed by atoms with Crippen LogP contribution in [0, 0.1) is 0 Å². The maximum absolute atomic E-state index is 9.62. The molecule has 0 amide bonds. The van der Waals surface area contributed by atoms with E-state index in [4.69, 9.17) is 0 Å². The Bertz CT molecular complexity index is 281. The highest BCUT2D eigenvalue weighted by Crippen LogP contribution is 2.17. The molecule has 0 saturated carbocycles. The number of hydrogen-bond acceptors (Lipinski definition) is 4. The number of alkyl halides is 1. The highest BCUT2D eigenvalue weighted by molar-refractivity contribution is 9.10. The summed E-state index contributed by atoms with van der Waals surface area (Å²) in [7, 11) is 0. The normalized spacial score (nSPS) is 15.1. The van der Waals surface area contributed by atoms with Crippen LogP contribution in [0.3, 0.4) is 0 Å². The molecule has 0 aliphatic rings. The fourth-order valence-electron chi connectivity index (χ4n) is 0.942. The monoisotopic (exact) mass is 324 g/mol. The smallest absolute Gasteiger partial charge is 0.124 e. The second kappa shape index (κ2) is 5.75. The number of aromatic nitrogens is 2. The largest absolute Gasteiger partial charge is 0.390 e. The van der Waals surface area contributed by atoms with Crippen molar-refractivity contribution < 1.29 is 10.2 Å². The van der Waals surface area contributed by atoms with Crippen LogP contribution >= 0.6 is 31.9 Å². The van der Waals surface area contributed by atoms with E-state index < -0.39 is 12.2 Å². The summed E-state index contributed by atoms with van der Waals surface area (Å²) in [6.07, 6.45) is 1.60. The van der Waals surface area contributed by atoms with Crippen molar-refractivity contribution in [3.63, 3.8) is 0 Å². The predicted octanol–water partition coefficient (Wildman–Crippen LogP) is 1.42. The second-order valence-electron chi connectivity index (χ2n) is 2.75. The zero-order valence-corrected chi connectivity index (χ0v) is 10.4. The van der Waals surface area contributed by atoms with Crippen molar-refractivity contribution in [2.75, 3.05) is 5.33 Å². The molecule has 1 aromatic rings. The average molecular weight is 326 g/mol. The van der Waals surface area contributed by atoms with Gasteiger partial charge in [0.2, 0.25) is 0 Å². The minimum atomic E-state index is -0.979. The third-order valence-electron chi connectivity index (χ3n) is 1.71. The molecule has 0 aromatic carbocycles. The summed E-state index contributed by atoms with van der Waals surface area (Å²) in [6.45, 7) is 0. The molecule has 0 fully saturated rings. The Morgan fingerprint density at radius 3 is 2.50 bits per heavy atom. The number of halogens is 2. The Balaban J connectivity index is 2.68. The summed E-state index contributed by atoms with van der Waals surface area (Å²) in [6, 6.07) is 0. The van der Waals surface area contributed by atoms with Gasteiger partial charge in [-0.3, -0.25) is 4.98 Å². The van der Waals surface area contributed by atoms with Gasteiger partial charge < -0.3 is 10.2 Å². The lowest BCUT2D eigenvalue weighted by molar-refractivity contribution is 0.0145. The van der Waals surface area contributed by atoms with Gasteiger partial charge in [-0.1, -0.05) is 15.9 Å². The molecule has 14 heavy (non-hydrogen) atoms. The first-order chi connectivity index (χ1) is 6.65. The summed E-state index contributed by atoms with van der Waals surface area (Å²) >= 11 is 6.32. The van der Waals surface area contributed by atoms with Crippen LogP contribution in [-0.4, -0.2) is 31.6 Å². The molecule has 1 rings (SSSR count). The van der Waals surface area contributed by atoms with Gasteiger partial charge in [-0.25, -0.2) is 4.98 Å². The quantitative estimate of drug-likeness (QED) is 0.822. The van der Waals surface area contributed by atoms with E-state index in [1.165, 1.54) is 12.4 Å². The Labute approximate surface area is 98.7 Å². The van der Waals surface area contributed by atoms with E-state index >= 15 is 0 Å². The Hall–Kier alpha value is -0.0400. The van der Waals surface area contributed by atoms with Crippen molar-refractivity contribution in [2.24, 2.45) is 0 Å². The van der Waals surface area contributed by atoms with E-state index in [0.29, 0.717) is 22.0 Å². The van der Waals surface area contributed by atoms with Gasteiger partial charge in [-0.15, -0.1) is 0 Å². The van der Waals surface area contributed by atoms with Gasteiger partial charge in [0.25, 0.3) is 0 Å². The topological polar surface area (TPSA) is 66.2 Å². The molecule has 1 aromatic heterocycles. The van der Waals surface area contributed by atoms with Crippen molar-refractivity contribution in [2.45, 2.75) is 18.6 Å². The Kier molecular flexibility index (Phi) is 4.94. The van der Waals surface area contributed by atoms with Gasteiger partial charge in [0, 0.05) is 5.33 Å². The summed E-state index contributed by atoms with van der Waals surface area (Å²) < 4.78 is 0.600. The van der Waals surface area contributed by atoms with Gasteiger partial charge in [0.05, 0.1) is 24.2 Å². The van der Waals surface area contributed by atoms with E-state index in [1.807, 2.05) is 0 Å². The maximum atomic E-state index is 9.62. The predicted molar refractivity (Wildman–Crippen MR) is 59.1 cm³/mol. The van der Waals surface area contributed by atoms with E-state index in [0.717, 1.165) is 0 Å². The number of aliphatic hydroxyl groups is 2. The lowest BCUT2D eigenvalue weighted by Crippen LogP contribution is -2.19. The standard InChI is InChI=1S/C8H10Br2N2O2/c9-2-1-6(13)8(14)5-3-12-7(10)4-11-5/h3-4,6,8,13-14H,1-2H2. The zero-order chi connectivity index (χ0) is 10.6. The highest BCUT2D eigenvalue weighted by atomic mass is 79.9. The molecule has 2 N–H and O–H groups in total. The molecule has 0 spiro atoms. The Morgan fingerprint density at radius 2 is 2.00 bits per heavy atom. The van der Waals surface area contributed by atoms with E-state index in [1.54, 1.807) is 0 Å². The van der Waals surface area contributed by atoms with Crippen molar-refractivity contribution in [1.82, 2.24) is 9.97 Å². The summed E-state index contributed by atoms with van der Waals surface area (Å²) in [5, 5.41) is 19.7. The molecule has 0 radical (unpaired) electrons. The van der Waals surface area contributed by atoms with Crippen LogP contribution in [0.25, 0.3) is 0 Å². The number of nitrogens with zero attached hydrogens (tertiary/aromatic N) is 2. The van der Waals surface area contributed by atoms with Crippen molar-refractivity contribution >= 4 is 31.9 Å². The first-order valence-electron chi connectivity index (χ1n) is 4.04. The molecule has 4 nitrogen and oxygen atoms in total. The fraction of sp³-hybridized carbons (Fsp3) is 0.500. The molecule has 2 unspecified atom stereocenters. The first-order valence-corrected chi connectivity index (χ1v) is 5.96. The third kappa shape index (κ3) is 3.27. The zero-order valence-electron chi connectivity index (χ0n) is 7.27. The molecular weight excluding hydrogens is 316 g/mol. The molecule has 6 heteroatoms. The van der Waals surface area contributed by atoms with Crippen LogP contribution in [0.1, 0.15) is 18.2 Å². The van der Waals surface area contributed by atoms with E-state index in [9.17, 15) is 10.2 Å². The molecular formula is C8H10Br2N2O2. The van der Waals surface area contributed by atoms with Crippen LogP contribution in [0.4, 0.5) is 0 Å². The van der Waals surface area contributed by atoms with Crippen molar-refractivity contribution in [3.8, 4) is 0 Å². The van der Waals surface area contributed by atoms with Gasteiger partial charge in [-0.2, -0.15) is 0 Å². The third-order valence-corrected chi connectivity index (χ3v) is 2.58. The van der Waals surface area contributed by atoms with Gasteiger partial charge in [-0.05, 0) is 22.4 Å². The van der Waals surface area contributed by atoms with Gasteiger partial charge >= 0.3 is 0 Å². The van der Waals surface area contributed by atoms with Gasteiger partial charge in [0.1, 0.15) is 10.7 Å². The minimum absolute atomic E-state index is 0.377. The number of hydrogen-bond donors (Lipinski definition) is 2. The molecule has 2 atom stereocenters. The van der Waals surface area contributed by atoms with Crippen LogP contribution in [0.2, 0.25) is 0 Å². The minimum Gasteiger partial charge on any atom is -0.390 e. The highest BCUT2D eigenvalue weighted by Gasteiger charge is 2.18. The lowest BCUT2D eigenvalue weighted by atomic mass is 10.1. The van der Waals surface area contributed by atoms with Crippen LogP contribution in [0.5, 0.6) is 0 Å². The summed E-state index contributed by atoms with van der Waals surface area (Å²) in [5.74, 6) is 0. The first kappa shape index (κ1) is 12.0. The van der Waals surface area contributed by atoms with E-state index in [-0.39, 0.29) is 0 Å².